The Labute approximate surface area is 168 Å². The summed E-state index contributed by atoms with van der Waals surface area (Å²) in [6, 6.07) is 20.7. The molecule has 0 radical (unpaired) electrons. The molecule has 0 bridgehead atoms. The first-order valence-electron chi connectivity index (χ1n) is 8.25. The third-order valence-electron chi connectivity index (χ3n) is 3.77. The molecular weight excluding hydrogens is 383 g/mol. The van der Waals surface area contributed by atoms with Gasteiger partial charge in [0.2, 0.25) is 0 Å². The minimum atomic E-state index is 0.324. The summed E-state index contributed by atoms with van der Waals surface area (Å²) in [5, 5.41) is 5.28. The average molecular weight is 401 g/mol. The lowest BCUT2D eigenvalue weighted by Gasteiger charge is -2.13. The molecule has 27 heavy (non-hydrogen) atoms. The van der Waals surface area contributed by atoms with Crippen molar-refractivity contribution in [1.29, 1.82) is 0 Å². The van der Waals surface area contributed by atoms with E-state index in [1.807, 2.05) is 54.6 Å². The third-order valence-corrected chi connectivity index (χ3v) is 4.51. The number of hydrazone groups is 1. The molecular formula is C21H18Cl2N2O2. The Morgan fingerprint density at radius 2 is 1.78 bits per heavy atom. The number of benzene rings is 3. The number of nitrogens with one attached hydrogen (secondary N) is 1. The van der Waals surface area contributed by atoms with Gasteiger partial charge in [0.05, 0.1) is 29.1 Å². The van der Waals surface area contributed by atoms with Crippen LogP contribution in [0.5, 0.6) is 11.5 Å². The summed E-state index contributed by atoms with van der Waals surface area (Å²) in [5.41, 5.74) is 5.58. The highest BCUT2D eigenvalue weighted by Crippen LogP contribution is 2.31. The Morgan fingerprint density at radius 3 is 2.52 bits per heavy atom. The number of methoxy groups -OCH3 is 1. The molecule has 0 saturated carbocycles. The van der Waals surface area contributed by atoms with Gasteiger partial charge in [-0.25, -0.2) is 0 Å². The van der Waals surface area contributed by atoms with Gasteiger partial charge in [-0.2, -0.15) is 5.10 Å². The van der Waals surface area contributed by atoms with Crippen LogP contribution < -0.4 is 14.9 Å². The molecule has 6 heteroatoms. The summed E-state index contributed by atoms with van der Waals surface area (Å²) in [6.45, 7) is 0.324. The van der Waals surface area contributed by atoms with Crippen LogP contribution in [-0.4, -0.2) is 13.3 Å². The highest BCUT2D eigenvalue weighted by atomic mass is 35.5. The van der Waals surface area contributed by atoms with Gasteiger partial charge >= 0.3 is 0 Å². The summed E-state index contributed by atoms with van der Waals surface area (Å²) in [4.78, 5) is 0. The van der Waals surface area contributed by atoms with Gasteiger partial charge in [-0.05, 0) is 42.0 Å². The van der Waals surface area contributed by atoms with Crippen LogP contribution in [0.25, 0.3) is 0 Å². The lowest BCUT2D eigenvalue weighted by molar-refractivity contribution is 0.284. The van der Waals surface area contributed by atoms with Crippen LogP contribution in [0.4, 0.5) is 5.69 Å². The van der Waals surface area contributed by atoms with E-state index in [-0.39, 0.29) is 0 Å². The van der Waals surface area contributed by atoms with Gasteiger partial charge in [-0.1, -0.05) is 53.5 Å². The summed E-state index contributed by atoms with van der Waals surface area (Å²) in [6.07, 6.45) is 1.69. The molecule has 0 amide bonds. The second-order valence-corrected chi connectivity index (χ2v) is 6.47. The fourth-order valence-corrected chi connectivity index (χ4v) is 2.74. The van der Waals surface area contributed by atoms with Gasteiger partial charge in [0.15, 0.2) is 11.5 Å². The van der Waals surface area contributed by atoms with Crippen LogP contribution in [0.15, 0.2) is 71.8 Å². The zero-order chi connectivity index (χ0) is 19.1. The molecule has 0 aliphatic heterocycles. The highest BCUT2D eigenvalue weighted by Gasteiger charge is 2.10. The Bertz CT molecular complexity index is 931. The van der Waals surface area contributed by atoms with Gasteiger partial charge in [0.1, 0.15) is 6.61 Å². The van der Waals surface area contributed by atoms with Crippen molar-refractivity contribution in [3.05, 3.63) is 87.9 Å². The number of para-hydroxylation sites is 2. The lowest BCUT2D eigenvalue weighted by atomic mass is 10.2. The Hall–Kier alpha value is -2.69. The predicted octanol–water partition coefficient (Wildman–Crippen LogP) is 6.03. The van der Waals surface area contributed by atoms with Crippen molar-refractivity contribution < 1.29 is 9.47 Å². The molecule has 3 aromatic rings. The van der Waals surface area contributed by atoms with Gasteiger partial charge in [0.25, 0.3) is 0 Å². The Kier molecular flexibility index (Phi) is 6.58. The fourth-order valence-electron chi connectivity index (χ4n) is 2.42. The van der Waals surface area contributed by atoms with Crippen molar-refractivity contribution in [2.45, 2.75) is 6.61 Å². The van der Waals surface area contributed by atoms with E-state index in [0.29, 0.717) is 28.2 Å². The molecule has 0 fully saturated rings. The lowest BCUT2D eigenvalue weighted by Crippen LogP contribution is -2.01. The van der Waals surface area contributed by atoms with Crippen LogP contribution in [0.2, 0.25) is 10.0 Å². The minimum Gasteiger partial charge on any atom is -0.493 e. The van der Waals surface area contributed by atoms with Gasteiger partial charge < -0.3 is 9.47 Å². The van der Waals surface area contributed by atoms with E-state index in [1.165, 1.54) is 0 Å². The van der Waals surface area contributed by atoms with Crippen LogP contribution >= 0.6 is 23.2 Å². The first kappa shape index (κ1) is 19.1. The largest absolute Gasteiger partial charge is 0.493 e. The topological polar surface area (TPSA) is 42.8 Å². The predicted molar refractivity (Wildman–Crippen MR) is 111 cm³/mol. The number of hydrogen-bond donors (Lipinski definition) is 1. The van der Waals surface area contributed by atoms with Crippen molar-refractivity contribution in [1.82, 2.24) is 0 Å². The van der Waals surface area contributed by atoms with Gasteiger partial charge in [-0.15, -0.1) is 0 Å². The van der Waals surface area contributed by atoms with E-state index in [0.717, 1.165) is 16.8 Å². The molecule has 0 heterocycles. The van der Waals surface area contributed by atoms with E-state index in [1.54, 1.807) is 25.5 Å². The van der Waals surface area contributed by atoms with Crippen molar-refractivity contribution in [3.8, 4) is 11.5 Å². The highest BCUT2D eigenvalue weighted by molar-refractivity contribution is 6.42. The van der Waals surface area contributed by atoms with Crippen LogP contribution in [0, 0.1) is 0 Å². The maximum absolute atomic E-state index is 6.07. The van der Waals surface area contributed by atoms with Gasteiger partial charge in [0, 0.05) is 5.56 Å². The Balaban J connectivity index is 1.77. The quantitative estimate of drug-likeness (QED) is 0.389. The summed E-state index contributed by atoms with van der Waals surface area (Å²) < 4.78 is 11.4. The molecule has 0 aliphatic rings. The second-order valence-electron chi connectivity index (χ2n) is 5.65. The van der Waals surface area contributed by atoms with E-state index in [9.17, 15) is 0 Å². The maximum atomic E-state index is 6.07. The van der Waals surface area contributed by atoms with E-state index < -0.39 is 0 Å². The summed E-state index contributed by atoms with van der Waals surface area (Å²) in [5.74, 6) is 1.23. The standard InChI is InChI=1S/C21H18Cl2N2O2/c1-26-20-9-5-6-16(13-24-25-17-7-3-2-4-8-17)21(20)27-14-15-10-11-18(22)19(23)12-15/h2-13,25H,14H2,1H3/b24-13+. The van der Waals surface area contributed by atoms with Crippen molar-refractivity contribution in [2.24, 2.45) is 5.10 Å². The molecule has 0 aromatic heterocycles. The number of hydrogen-bond acceptors (Lipinski definition) is 4. The van der Waals surface area contributed by atoms with Crippen LogP contribution in [0.1, 0.15) is 11.1 Å². The first-order valence-corrected chi connectivity index (χ1v) is 9.01. The number of ether oxygens (including phenoxy) is 2. The molecule has 3 aromatic carbocycles. The summed E-state index contributed by atoms with van der Waals surface area (Å²) in [7, 11) is 1.60. The maximum Gasteiger partial charge on any atom is 0.170 e. The second kappa shape index (κ2) is 9.31. The van der Waals surface area contributed by atoms with Crippen molar-refractivity contribution in [3.63, 3.8) is 0 Å². The minimum absolute atomic E-state index is 0.324. The third kappa shape index (κ3) is 5.16. The number of anilines is 1. The molecule has 138 valence electrons. The average Bonchev–Trinajstić information content (AvgIpc) is 2.70. The van der Waals surface area contributed by atoms with E-state index in [4.69, 9.17) is 32.7 Å². The fraction of sp³-hybridized carbons (Fsp3) is 0.0952. The smallest absolute Gasteiger partial charge is 0.170 e. The molecule has 1 N–H and O–H groups in total. The molecule has 0 unspecified atom stereocenters. The summed E-state index contributed by atoms with van der Waals surface area (Å²) >= 11 is 12.0. The number of nitrogens with zero attached hydrogens (tertiary/aromatic N) is 1. The van der Waals surface area contributed by atoms with E-state index in [2.05, 4.69) is 10.5 Å². The van der Waals surface area contributed by atoms with Crippen molar-refractivity contribution >= 4 is 35.1 Å². The number of halogens is 2. The molecule has 0 atom stereocenters. The molecule has 4 nitrogen and oxygen atoms in total. The number of rotatable bonds is 7. The zero-order valence-electron chi connectivity index (χ0n) is 14.7. The molecule has 0 aliphatic carbocycles. The van der Waals surface area contributed by atoms with Crippen LogP contribution in [-0.2, 0) is 6.61 Å². The Morgan fingerprint density at radius 1 is 0.963 bits per heavy atom. The normalized spacial score (nSPS) is 10.8. The SMILES string of the molecule is COc1cccc(/C=N/Nc2ccccc2)c1OCc1ccc(Cl)c(Cl)c1. The molecule has 0 spiro atoms. The van der Waals surface area contributed by atoms with Gasteiger partial charge in [-0.3, -0.25) is 5.43 Å². The molecule has 0 saturated heterocycles. The molecule has 3 rings (SSSR count). The van der Waals surface area contributed by atoms with Crippen molar-refractivity contribution in [2.75, 3.05) is 12.5 Å². The monoisotopic (exact) mass is 400 g/mol. The first-order chi connectivity index (χ1) is 13.2. The zero-order valence-corrected chi connectivity index (χ0v) is 16.2. The van der Waals surface area contributed by atoms with E-state index >= 15 is 0 Å². The van der Waals surface area contributed by atoms with Crippen LogP contribution in [0.3, 0.4) is 0 Å².